The van der Waals surface area contributed by atoms with E-state index in [2.05, 4.69) is 20.1 Å². The predicted molar refractivity (Wildman–Crippen MR) is 87.9 cm³/mol. The highest BCUT2D eigenvalue weighted by Gasteiger charge is 2.28. The fourth-order valence-electron chi connectivity index (χ4n) is 3.30. The molecule has 4 rings (SSSR count). The van der Waals surface area contributed by atoms with Crippen LogP contribution >= 0.6 is 0 Å². The third-order valence-electron chi connectivity index (χ3n) is 4.58. The molecular formula is C17H16F2N6O. The standard InChI is InChI=1S/C17H16F2N6O/c18-15(19)14-8-13(23-17-21-10-22-25(14)17)12-2-1-7-24(9-12)16(26)11-3-5-20-6-4-11/h3-6,8,10,12,15H,1-2,7,9H2/t12-/m1/s1. The molecule has 1 saturated heterocycles. The second-order valence-electron chi connectivity index (χ2n) is 6.20. The number of halogens is 2. The molecule has 0 radical (unpaired) electrons. The number of pyridine rings is 1. The van der Waals surface area contributed by atoms with E-state index >= 15 is 0 Å². The summed E-state index contributed by atoms with van der Waals surface area (Å²) in [6, 6.07) is 4.71. The quantitative estimate of drug-likeness (QED) is 0.719. The summed E-state index contributed by atoms with van der Waals surface area (Å²) >= 11 is 0. The number of nitrogens with zero attached hydrogens (tertiary/aromatic N) is 6. The van der Waals surface area contributed by atoms with Crippen LogP contribution in [0.1, 0.15) is 46.9 Å². The first-order valence-corrected chi connectivity index (χ1v) is 8.31. The van der Waals surface area contributed by atoms with E-state index in [9.17, 15) is 13.6 Å². The zero-order valence-corrected chi connectivity index (χ0v) is 13.8. The third kappa shape index (κ3) is 3.00. The van der Waals surface area contributed by atoms with Crippen LogP contribution in [0.4, 0.5) is 8.78 Å². The van der Waals surface area contributed by atoms with Gasteiger partial charge in [0.05, 0.1) is 5.69 Å². The summed E-state index contributed by atoms with van der Waals surface area (Å²) in [4.78, 5) is 26.6. The van der Waals surface area contributed by atoms with Crippen molar-refractivity contribution in [2.45, 2.75) is 25.2 Å². The molecule has 0 saturated carbocycles. The number of carbonyl (C=O) groups excluding carboxylic acids is 1. The van der Waals surface area contributed by atoms with Crippen molar-refractivity contribution in [1.29, 1.82) is 0 Å². The molecule has 1 fully saturated rings. The van der Waals surface area contributed by atoms with Crippen LogP contribution in [0.5, 0.6) is 0 Å². The van der Waals surface area contributed by atoms with Crippen molar-refractivity contribution < 1.29 is 13.6 Å². The number of hydrogen-bond donors (Lipinski definition) is 0. The fourth-order valence-corrected chi connectivity index (χ4v) is 3.30. The van der Waals surface area contributed by atoms with Crippen LogP contribution in [0.15, 0.2) is 36.9 Å². The van der Waals surface area contributed by atoms with E-state index in [4.69, 9.17) is 0 Å². The van der Waals surface area contributed by atoms with Gasteiger partial charge in [-0.15, -0.1) is 0 Å². The highest BCUT2D eigenvalue weighted by Crippen LogP contribution is 2.29. The van der Waals surface area contributed by atoms with E-state index in [1.807, 2.05) is 0 Å². The topological polar surface area (TPSA) is 76.3 Å². The summed E-state index contributed by atoms with van der Waals surface area (Å²) in [5, 5.41) is 3.80. The van der Waals surface area contributed by atoms with Crippen molar-refractivity contribution in [3.8, 4) is 0 Å². The molecule has 0 bridgehead atoms. The van der Waals surface area contributed by atoms with Crippen LogP contribution < -0.4 is 0 Å². The van der Waals surface area contributed by atoms with Gasteiger partial charge in [-0.1, -0.05) is 0 Å². The van der Waals surface area contributed by atoms with Gasteiger partial charge in [-0.05, 0) is 31.0 Å². The lowest BCUT2D eigenvalue weighted by atomic mass is 9.93. The molecule has 1 atom stereocenters. The average molecular weight is 358 g/mol. The maximum atomic E-state index is 13.4. The predicted octanol–water partition coefficient (Wildman–Crippen LogP) is 2.48. The largest absolute Gasteiger partial charge is 0.338 e. The number of aromatic nitrogens is 5. The first-order chi connectivity index (χ1) is 12.6. The lowest BCUT2D eigenvalue weighted by Gasteiger charge is -2.32. The minimum atomic E-state index is -2.68. The molecule has 26 heavy (non-hydrogen) atoms. The van der Waals surface area contributed by atoms with Gasteiger partial charge < -0.3 is 4.90 Å². The number of piperidine rings is 1. The Hall–Kier alpha value is -2.97. The summed E-state index contributed by atoms with van der Waals surface area (Å²) in [5.41, 5.74) is 0.850. The SMILES string of the molecule is O=C(c1ccncc1)N1CCC[C@@H](c2cc(C(F)F)n3ncnc3n2)C1. The molecule has 0 aromatic carbocycles. The molecule has 0 spiro atoms. The minimum Gasteiger partial charge on any atom is -0.338 e. The summed E-state index contributed by atoms with van der Waals surface area (Å²) in [6.07, 6.45) is 3.23. The van der Waals surface area contributed by atoms with Crippen molar-refractivity contribution in [2.24, 2.45) is 0 Å². The number of carbonyl (C=O) groups is 1. The van der Waals surface area contributed by atoms with Gasteiger partial charge in [-0.25, -0.2) is 13.8 Å². The van der Waals surface area contributed by atoms with Gasteiger partial charge in [0.2, 0.25) is 0 Å². The van der Waals surface area contributed by atoms with E-state index in [-0.39, 0.29) is 23.3 Å². The van der Waals surface area contributed by atoms with Gasteiger partial charge in [0.1, 0.15) is 12.0 Å². The summed E-state index contributed by atoms with van der Waals surface area (Å²) in [5.74, 6) is -0.0566. The average Bonchev–Trinajstić information content (AvgIpc) is 3.16. The Labute approximate surface area is 147 Å². The Bertz CT molecular complexity index is 929. The van der Waals surface area contributed by atoms with Crippen molar-refractivity contribution in [1.82, 2.24) is 29.5 Å². The number of likely N-dealkylation sites (tertiary alicyclic amines) is 1. The van der Waals surface area contributed by atoms with Gasteiger partial charge in [0.15, 0.2) is 0 Å². The van der Waals surface area contributed by atoms with Crippen LogP contribution in [0.2, 0.25) is 0 Å². The molecule has 3 aromatic rings. The smallest absolute Gasteiger partial charge is 0.280 e. The van der Waals surface area contributed by atoms with E-state index in [0.717, 1.165) is 17.4 Å². The minimum absolute atomic E-state index is 0.0882. The van der Waals surface area contributed by atoms with Gasteiger partial charge in [0, 0.05) is 37.0 Å². The molecule has 3 aromatic heterocycles. The van der Waals surface area contributed by atoms with Crippen molar-refractivity contribution in [3.05, 3.63) is 53.9 Å². The molecule has 1 aliphatic heterocycles. The van der Waals surface area contributed by atoms with Crippen molar-refractivity contribution in [3.63, 3.8) is 0 Å². The zero-order chi connectivity index (χ0) is 18.1. The Kier molecular flexibility index (Phi) is 4.27. The second kappa shape index (κ2) is 6.74. The van der Waals surface area contributed by atoms with Crippen LogP contribution in [-0.2, 0) is 0 Å². The molecule has 7 nitrogen and oxygen atoms in total. The molecule has 0 unspecified atom stereocenters. The number of hydrogen-bond acceptors (Lipinski definition) is 5. The van der Waals surface area contributed by atoms with E-state index < -0.39 is 6.43 Å². The molecule has 0 aliphatic carbocycles. The molecule has 1 amide bonds. The maximum Gasteiger partial charge on any atom is 0.280 e. The number of amides is 1. The van der Waals surface area contributed by atoms with Gasteiger partial charge in [0.25, 0.3) is 18.1 Å². The summed E-state index contributed by atoms with van der Waals surface area (Å²) < 4.78 is 27.8. The molecule has 0 N–H and O–H groups in total. The number of rotatable bonds is 3. The van der Waals surface area contributed by atoms with Crippen LogP contribution in [0.3, 0.4) is 0 Å². The normalized spacial score (nSPS) is 17.8. The van der Waals surface area contributed by atoms with Crippen LogP contribution in [-0.4, -0.2) is 48.5 Å². The van der Waals surface area contributed by atoms with E-state index in [1.165, 1.54) is 12.4 Å². The molecular weight excluding hydrogens is 342 g/mol. The Balaban J connectivity index is 1.62. The summed E-state index contributed by atoms with van der Waals surface area (Å²) in [6.45, 7) is 1.06. The van der Waals surface area contributed by atoms with E-state index in [0.29, 0.717) is 24.3 Å². The Morgan fingerprint density at radius 1 is 1.27 bits per heavy atom. The first kappa shape index (κ1) is 16.5. The third-order valence-corrected chi connectivity index (χ3v) is 4.58. The lowest BCUT2D eigenvalue weighted by Crippen LogP contribution is -2.39. The van der Waals surface area contributed by atoms with Gasteiger partial charge in [-0.3, -0.25) is 9.78 Å². The molecule has 9 heteroatoms. The molecule has 4 heterocycles. The Morgan fingerprint density at radius 3 is 2.85 bits per heavy atom. The van der Waals surface area contributed by atoms with E-state index in [1.54, 1.807) is 29.4 Å². The Morgan fingerprint density at radius 2 is 2.08 bits per heavy atom. The highest BCUT2D eigenvalue weighted by molar-refractivity contribution is 5.94. The fraction of sp³-hybridized carbons (Fsp3) is 0.353. The molecule has 134 valence electrons. The maximum absolute atomic E-state index is 13.4. The highest BCUT2D eigenvalue weighted by atomic mass is 19.3. The number of fused-ring (bicyclic) bond motifs is 1. The zero-order valence-electron chi connectivity index (χ0n) is 13.8. The van der Waals surface area contributed by atoms with Gasteiger partial charge in [-0.2, -0.15) is 14.6 Å². The molecule has 1 aliphatic rings. The summed E-state index contributed by atoms with van der Waals surface area (Å²) in [7, 11) is 0. The van der Waals surface area contributed by atoms with Crippen molar-refractivity contribution >= 4 is 11.7 Å². The monoisotopic (exact) mass is 358 g/mol. The van der Waals surface area contributed by atoms with Crippen LogP contribution in [0, 0.1) is 0 Å². The lowest BCUT2D eigenvalue weighted by molar-refractivity contribution is 0.0705. The van der Waals surface area contributed by atoms with Gasteiger partial charge >= 0.3 is 0 Å². The number of alkyl halides is 2. The van der Waals surface area contributed by atoms with Crippen molar-refractivity contribution in [2.75, 3.05) is 13.1 Å². The first-order valence-electron chi connectivity index (χ1n) is 8.31. The second-order valence-corrected chi connectivity index (χ2v) is 6.20. The van der Waals surface area contributed by atoms with Crippen LogP contribution in [0.25, 0.3) is 5.78 Å².